The molecule has 6 heteroatoms. The fraction of sp³-hybridized carbons (Fsp3) is 0.867. The van der Waals surface area contributed by atoms with Gasteiger partial charge in [0.15, 0.2) is 0 Å². The van der Waals surface area contributed by atoms with Crippen LogP contribution < -0.4 is 11.1 Å². The van der Waals surface area contributed by atoms with Gasteiger partial charge in [-0.2, -0.15) is 0 Å². The summed E-state index contributed by atoms with van der Waals surface area (Å²) in [6, 6.07) is -0.564. The van der Waals surface area contributed by atoms with Gasteiger partial charge < -0.3 is 20.7 Å². The maximum absolute atomic E-state index is 12.1. The normalized spacial score (nSPS) is 21.1. The van der Waals surface area contributed by atoms with Gasteiger partial charge in [0.1, 0.15) is 5.60 Å². The van der Waals surface area contributed by atoms with Gasteiger partial charge in [-0.1, -0.05) is 13.8 Å². The van der Waals surface area contributed by atoms with Crippen molar-refractivity contribution in [3.8, 4) is 0 Å². The summed E-state index contributed by atoms with van der Waals surface area (Å²) in [5, 5.41) is 2.93. The first-order valence-corrected chi connectivity index (χ1v) is 7.64. The van der Waals surface area contributed by atoms with E-state index in [1.807, 2.05) is 34.6 Å². The van der Waals surface area contributed by atoms with Gasteiger partial charge >= 0.3 is 6.09 Å². The van der Waals surface area contributed by atoms with Crippen LogP contribution in [-0.2, 0) is 9.53 Å². The van der Waals surface area contributed by atoms with Gasteiger partial charge in [0, 0.05) is 19.1 Å². The van der Waals surface area contributed by atoms with Crippen molar-refractivity contribution in [2.45, 2.75) is 65.1 Å². The summed E-state index contributed by atoms with van der Waals surface area (Å²) < 4.78 is 5.37. The number of hydrogen-bond acceptors (Lipinski definition) is 4. The first-order chi connectivity index (χ1) is 9.60. The minimum atomic E-state index is -0.512. The lowest BCUT2D eigenvalue weighted by Gasteiger charge is -2.35. The van der Waals surface area contributed by atoms with Gasteiger partial charge in [-0.05, 0) is 39.5 Å². The molecule has 0 aromatic heterocycles. The number of carbonyl (C=O) groups is 2. The molecule has 0 aromatic carbocycles. The highest BCUT2D eigenvalue weighted by molar-refractivity contribution is 5.82. The van der Waals surface area contributed by atoms with Gasteiger partial charge in [-0.25, -0.2) is 4.79 Å². The summed E-state index contributed by atoms with van der Waals surface area (Å²) in [4.78, 5) is 25.7. The quantitative estimate of drug-likeness (QED) is 0.827. The molecule has 3 N–H and O–H groups in total. The maximum atomic E-state index is 12.1. The lowest BCUT2D eigenvalue weighted by atomic mass is 10.0. The maximum Gasteiger partial charge on any atom is 0.410 e. The highest BCUT2D eigenvalue weighted by atomic mass is 16.6. The van der Waals surface area contributed by atoms with Crippen molar-refractivity contribution in [2.75, 3.05) is 13.1 Å². The zero-order chi connectivity index (χ0) is 16.2. The number of hydrogen-bond donors (Lipinski definition) is 2. The molecule has 1 rings (SSSR count). The van der Waals surface area contributed by atoms with Gasteiger partial charge in [0.25, 0.3) is 0 Å². The Hall–Kier alpha value is -1.30. The third kappa shape index (κ3) is 5.91. The monoisotopic (exact) mass is 299 g/mol. The summed E-state index contributed by atoms with van der Waals surface area (Å²) in [7, 11) is 0. The molecule has 1 aliphatic rings. The van der Waals surface area contributed by atoms with Crippen LogP contribution in [0.15, 0.2) is 0 Å². The number of carbonyl (C=O) groups excluding carboxylic acids is 2. The number of nitrogens with zero attached hydrogens (tertiary/aromatic N) is 1. The number of rotatable bonds is 3. The van der Waals surface area contributed by atoms with E-state index < -0.39 is 11.6 Å². The van der Waals surface area contributed by atoms with Crippen LogP contribution in [0.25, 0.3) is 0 Å². The molecule has 0 spiro atoms. The van der Waals surface area contributed by atoms with Crippen LogP contribution in [0, 0.1) is 5.92 Å². The number of ether oxygens (including phenoxy) is 1. The number of amides is 2. The predicted molar refractivity (Wildman–Crippen MR) is 81.8 cm³/mol. The third-order valence-electron chi connectivity index (χ3n) is 3.44. The molecule has 21 heavy (non-hydrogen) atoms. The van der Waals surface area contributed by atoms with Crippen LogP contribution in [0.2, 0.25) is 0 Å². The van der Waals surface area contributed by atoms with Gasteiger partial charge in [0.2, 0.25) is 5.91 Å². The Morgan fingerprint density at radius 1 is 1.33 bits per heavy atom. The molecule has 0 unspecified atom stereocenters. The summed E-state index contributed by atoms with van der Waals surface area (Å²) in [6.45, 7) is 10.5. The fourth-order valence-electron chi connectivity index (χ4n) is 2.19. The first-order valence-electron chi connectivity index (χ1n) is 7.64. The Morgan fingerprint density at radius 3 is 2.48 bits per heavy atom. The average molecular weight is 299 g/mol. The number of nitrogens with one attached hydrogen (secondary N) is 1. The van der Waals surface area contributed by atoms with E-state index in [0.29, 0.717) is 13.1 Å². The van der Waals surface area contributed by atoms with Crippen molar-refractivity contribution in [1.82, 2.24) is 10.2 Å². The number of piperidine rings is 1. The Kier molecular flexibility index (Phi) is 6.01. The summed E-state index contributed by atoms with van der Waals surface area (Å²) in [6.07, 6.45) is 1.38. The van der Waals surface area contributed by atoms with Gasteiger partial charge in [-0.3, -0.25) is 4.79 Å². The SMILES string of the molecule is CC(C)[C@H](N)C(=O)N[C@H]1CCCN(C(=O)OC(C)(C)C)C1. The van der Waals surface area contributed by atoms with E-state index in [4.69, 9.17) is 10.5 Å². The lowest BCUT2D eigenvalue weighted by molar-refractivity contribution is -0.124. The van der Waals surface area contributed by atoms with Crippen LogP contribution in [0.1, 0.15) is 47.5 Å². The van der Waals surface area contributed by atoms with Crippen molar-refractivity contribution in [3.63, 3.8) is 0 Å². The zero-order valence-corrected chi connectivity index (χ0v) is 13.8. The van der Waals surface area contributed by atoms with Crippen LogP contribution in [-0.4, -0.2) is 47.7 Å². The summed E-state index contributed by atoms with van der Waals surface area (Å²) in [5.74, 6) is -0.0587. The molecule has 0 bridgehead atoms. The Morgan fingerprint density at radius 2 is 1.95 bits per heavy atom. The molecule has 1 fully saturated rings. The van der Waals surface area contributed by atoms with Crippen molar-refractivity contribution in [1.29, 1.82) is 0 Å². The van der Waals surface area contributed by atoms with Crippen molar-refractivity contribution in [2.24, 2.45) is 11.7 Å². The fourth-order valence-corrected chi connectivity index (χ4v) is 2.19. The summed E-state index contributed by atoms with van der Waals surface area (Å²) in [5.41, 5.74) is 5.33. The van der Waals surface area contributed by atoms with Crippen molar-refractivity contribution >= 4 is 12.0 Å². The topological polar surface area (TPSA) is 84.7 Å². The highest BCUT2D eigenvalue weighted by Crippen LogP contribution is 2.15. The largest absolute Gasteiger partial charge is 0.444 e. The second-order valence-electron chi connectivity index (χ2n) is 7.04. The van der Waals surface area contributed by atoms with E-state index in [1.165, 1.54) is 0 Å². The van der Waals surface area contributed by atoms with E-state index in [2.05, 4.69) is 5.32 Å². The predicted octanol–water partition coefficient (Wildman–Crippen LogP) is 1.49. The molecule has 6 nitrogen and oxygen atoms in total. The number of likely N-dealkylation sites (tertiary alicyclic amines) is 1. The molecular weight excluding hydrogens is 270 g/mol. The van der Waals surface area contributed by atoms with Crippen LogP contribution in [0.4, 0.5) is 4.79 Å². The molecule has 122 valence electrons. The Bertz CT molecular complexity index is 377. The lowest BCUT2D eigenvalue weighted by Crippen LogP contribution is -2.54. The number of nitrogens with two attached hydrogens (primary N) is 1. The molecule has 0 aliphatic carbocycles. The Balaban J connectivity index is 2.52. The second-order valence-corrected chi connectivity index (χ2v) is 7.04. The zero-order valence-electron chi connectivity index (χ0n) is 13.8. The van der Waals surface area contributed by atoms with Gasteiger partial charge in [-0.15, -0.1) is 0 Å². The van der Waals surface area contributed by atoms with E-state index in [9.17, 15) is 9.59 Å². The molecule has 0 aromatic rings. The van der Waals surface area contributed by atoms with Gasteiger partial charge in [0.05, 0.1) is 6.04 Å². The summed E-state index contributed by atoms with van der Waals surface area (Å²) >= 11 is 0. The van der Waals surface area contributed by atoms with E-state index in [0.717, 1.165) is 12.8 Å². The first kappa shape index (κ1) is 17.8. The molecule has 0 saturated carbocycles. The molecular formula is C15H29N3O3. The van der Waals surface area contributed by atoms with Crippen molar-refractivity contribution < 1.29 is 14.3 Å². The minimum absolute atomic E-state index is 0.0523. The minimum Gasteiger partial charge on any atom is -0.444 e. The van der Waals surface area contributed by atoms with Crippen LogP contribution >= 0.6 is 0 Å². The Labute approximate surface area is 127 Å². The van der Waals surface area contributed by atoms with E-state index in [-0.39, 0.29) is 24.0 Å². The van der Waals surface area contributed by atoms with Crippen LogP contribution in [0.5, 0.6) is 0 Å². The van der Waals surface area contributed by atoms with Crippen LogP contribution in [0.3, 0.4) is 0 Å². The molecule has 1 aliphatic heterocycles. The average Bonchev–Trinajstić information content (AvgIpc) is 2.35. The van der Waals surface area contributed by atoms with E-state index >= 15 is 0 Å². The van der Waals surface area contributed by atoms with Crippen molar-refractivity contribution in [3.05, 3.63) is 0 Å². The standard InChI is InChI=1S/C15H29N3O3/c1-10(2)12(16)13(19)17-11-7-6-8-18(9-11)14(20)21-15(3,4)5/h10-12H,6-9,16H2,1-5H3,(H,17,19)/t11-,12-/m0/s1. The second kappa shape index (κ2) is 7.11. The highest BCUT2D eigenvalue weighted by Gasteiger charge is 2.29. The molecule has 1 heterocycles. The molecule has 2 amide bonds. The van der Waals surface area contributed by atoms with E-state index in [1.54, 1.807) is 4.90 Å². The smallest absolute Gasteiger partial charge is 0.410 e. The third-order valence-corrected chi connectivity index (χ3v) is 3.44. The molecule has 1 saturated heterocycles. The molecule has 2 atom stereocenters. The molecule has 0 radical (unpaired) electrons.